The number of amides is 3. The molecule has 0 bridgehead atoms. The SMILES string of the molecule is C[C@]12C(=O)N(c3cc(Cl)cc(Cl)c3)C(=O)[C@H]1[C@@]2(C(=O)N1CCOCC1)c1ccc(Br)cc1. The van der Waals surface area contributed by atoms with E-state index in [2.05, 4.69) is 15.9 Å². The van der Waals surface area contributed by atoms with Gasteiger partial charge in [0.1, 0.15) is 5.41 Å². The maximum Gasteiger partial charge on any atom is 0.242 e. The van der Waals surface area contributed by atoms with E-state index in [-0.39, 0.29) is 5.91 Å². The van der Waals surface area contributed by atoms with E-state index in [4.69, 9.17) is 27.9 Å². The third-order valence-electron chi connectivity index (χ3n) is 6.90. The summed E-state index contributed by atoms with van der Waals surface area (Å²) >= 11 is 15.6. The molecule has 2 saturated heterocycles. The van der Waals surface area contributed by atoms with Crippen LogP contribution in [-0.2, 0) is 24.5 Å². The Morgan fingerprint density at radius 3 is 2.19 bits per heavy atom. The maximum atomic E-state index is 13.9. The Bertz CT molecular complexity index is 1130. The fourth-order valence-corrected chi connectivity index (χ4v) is 6.16. The van der Waals surface area contributed by atoms with E-state index in [1.54, 1.807) is 11.8 Å². The molecule has 0 radical (unpaired) electrons. The zero-order valence-electron chi connectivity index (χ0n) is 17.1. The summed E-state index contributed by atoms with van der Waals surface area (Å²) in [6.45, 7) is 3.42. The summed E-state index contributed by atoms with van der Waals surface area (Å²) in [6, 6.07) is 11.9. The first-order valence-corrected chi connectivity index (χ1v) is 11.8. The zero-order valence-corrected chi connectivity index (χ0v) is 20.2. The van der Waals surface area contributed by atoms with Crippen LogP contribution in [0.25, 0.3) is 0 Å². The van der Waals surface area contributed by atoms with Crippen LogP contribution in [-0.4, -0.2) is 48.9 Å². The number of nitrogens with zero attached hydrogens (tertiary/aromatic N) is 2. The predicted octanol–water partition coefficient (Wildman–Crippen LogP) is 4.06. The van der Waals surface area contributed by atoms with Crippen LogP contribution in [0.15, 0.2) is 46.9 Å². The van der Waals surface area contributed by atoms with Gasteiger partial charge in [0.2, 0.25) is 17.7 Å². The van der Waals surface area contributed by atoms with Gasteiger partial charge in [0.05, 0.1) is 30.2 Å². The first kappa shape index (κ1) is 21.9. The largest absolute Gasteiger partial charge is 0.378 e. The van der Waals surface area contributed by atoms with Crippen molar-refractivity contribution in [3.8, 4) is 0 Å². The van der Waals surface area contributed by atoms with Crippen LogP contribution in [0.3, 0.4) is 0 Å². The lowest BCUT2D eigenvalue weighted by Crippen LogP contribution is -2.52. The summed E-state index contributed by atoms with van der Waals surface area (Å²) in [7, 11) is 0. The number of hydrogen-bond acceptors (Lipinski definition) is 4. The van der Waals surface area contributed by atoms with E-state index in [1.807, 2.05) is 24.3 Å². The maximum absolute atomic E-state index is 13.9. The van der Waals surface area contributed by atoms with Crippen molar-refractivity contribution in [1.82, 2.24) is 4.90 Å². The van der Waals surface area contributed by atoms with Gasteiger partial charge < -0.3 is 9.64 Å². The number of carbonyl (C=O) groups excluding carboxylic acids is 3. The Balaban J connectivity index is 1.61. The highest BCUT2D eigenvalue weighted by Gasteiger charge is 2.90. The van der Waals surface area contributed by atoms with Gasteiger partial charge in [0, 0.05) is 27.6 Å². The molecule has 0 N–H and O–H groups in total. The van der Waals surface area contributed by atoms with Gasteiger partial charge in [-0.2, -0.15) is 0 Å². The second-order valence-electron chi connectivity index (χ2n) is 8.46. The normalized spacial score (nSPS) is 29.3. The first-order chi connectivity index (χ1) is 15.2. The third-order valence-corrected chi connectivity index (χ3v) is 7.87. The molecular formula is C23H19BrCl2N2O4. The monoisotopic (exact) mass is 536 g/mol. The standard InChI is InChI=1S/C23H19BrCl2N2O4/c1-22-18(19(29)28(20(22)30)17-11-15(25)10-16(26)12-17)23(22,13-2-4-14(24)5-3-13)21(31)27-6-8-32-9-7-27/h2-5,10-12,18H,6-9H2,1H3/t18-,22-,23-/m1/s1. The number of piperidine rings is 1. The molecule has 3 fully saturated rings. The Morgan fingerprint density at radius 2 is 1.66 bits per heavy atom. The average Bonchev–Trinajstić information content (AvgIpc) is 3.28. The summed E-state index contributed by atoms with van der Waals surface area (Å²) in [5, 5.41) is 0.643. The Labute approximate surface area is 203 Å². The molecule has 0 aromatic heterocycles. The second kappa shape index (κ2) is 7.55. The summed E-state index contributed by atoms with van der Waals surface area (Å²) in [5.41, 5.74) is -1.48. The number of halogens is 3. The van der Waals surface area contributed by atoms with Crippen LogP contribution in [0.1, 0.15) is 12.5 Å². The van der Waals surface area contributed by atoms with E-state index in [9.17, 15) is 14.4 Å². The summed E-state index contributed by atoms with van der Waals surface area (Å²) < 4.78 is 6.24. The number of carbonyl (C=O) groups is 3. The molecule has 3 atom stereocenters. The van der Waals surface area contributed by atoms with Gasteiger partial charge in [0.15, 0.2) is 0 Å². The van der Waals surface area contributed by atoms with Gasteiger partial charge >= 0.3 is 0 Å². The van der Waals surface area contributed by atoms with Crippen LogP contribution >= 0.6 is 39.1 Å². The molecule has 2 heterocycles. The van der Waals surface area contributed by atoms with E-state index < -0.39 is 28.6 Å². The van der Waals surface area contributed by atoms with Crippen LogP contribution in [0.4, 0.5) is 5.69 Å². The molecule has 2 aliphatic heterocycles. The smallest absolute Gasteiger partial charge is 0.242 e. The lowest BCUT2D eigenvalue weighted by atomic mass is 9.83. The van der Waals surface area contributed by atoms with Crippen LogP contribution < -0.4 is 4.90 Å². The molecule has 166 valence electrons. The number of ether oxygens (including phenoxy) is 1. The highest BCUT2D eigenvalue weighted by Crippen LogP contribution is 2.74. The number of benzene rings is 2. The highest BCUT2D eigenvalue weighted by atomic mass is 79.9. The Morgan fingerprint density at radius 1 is 1.06 bits per heavy atom. The number of imide groups is 1. The second-order valence-corrected chi connectivity index (χ2v) is 10.2. The van der Waals surface area contributed by atoms with E-state index in [0.29, 0.717) is 47.6 Å². The van der Waals surface area contributed by atoms with Crippen molar-refractivity contribution in [3.63, 3.8) is 0 Å². The summed E-state index contributed by atoms with van der Waals surface area (Å²) in [4.78, 5) is 44.1. The van der Waals surface area contributed by atoms with Crippen molar-refractivity contribution in [2.75, 3.05) is 31.2 Å². The highest BCUT2D eigenvalue weighted by molar-refractivity contribution is 9.10. The molecule has 32 heavy (non-hydrogen) atoms. The fourth-order valence-electron chi connectivity index (χ4n) is 5.38. The van der Waals surface area contributed by atoms with Crippen molar-refractivity contribution in [2.45, 2.75) is 12.3 Å². The lowest BCUT2D eigenvalue weighted by molar-refractivity contribution is -0.143. The summed E-state index contributed by atoms with van der Waals surface area (Å²) in [6.07, 6.45) is 0. The molecule has 3 aliphatic rings. The van der Waals surface area contributed by atoms with Crippen molar-refractivity contribution < 1.29 is 19.1 Å². The number of hydrogen-bond donors (Lipinski definition) is 0. The molecule has 5 rings (SSSR count). The summed E-state index contributed by atoms with van der Waals surface area (Å²) in [5.74, 6) is -1.85. The molecule has 0 spiro atoms. The average molecular weight is 538 g/mol. The minimum atomic E-state index is -1.25. The molecule has 2 aromatic rings. The molecule has 2 aromatic carbocycles. The van der Waals surface area contributed by atoms with Gasteiger partial charge in [0.25, 0.3) is 0 Å². The van der Waals surface area contributed by atoms with Crippen LogP contribution in [0, 0.1) is 11.3 Å². The Kier molecular flexibility index (Phi) is 5.17. The minimum absolute atomic E-state index is 0.207. The van der Waals surface area contributed by atoms with Crippen LogP contribution in [0.5, 0.6) is 0 Å². The third kappa shape index (κ3) is 2.84. The van der Waals surface area contributed by atoms with Crippen molar-refractivity contribution >= 4 is 62.5 Å². The van der Waals surface area contributed by atoms with Crippen molar-refractivity contribution in [2.24, 2.45) is 11.3 Å². The van der Waals surface area contributed by atoms with Crippen molar-refractivity contribution in [3.05, 3.63) is 62.5 Å². The van der Waals surface area contributed by atoms with E-state index in [1.165, 1.54) is 18.2 Å². The van der Waals surface area contributed by atoms with Gasteiger partial charge in [-0.3, -0.25) is 14.4 Å². The van der Waals surface area contributed by atoms with Gasteiger partial charge in [-0.1, -0.05) is 51.3 Å². The van der Waals surface area contributed by atoms with E-state index in [0.717, 1.165) is 9.37 Å². The fraction of sp³-hybridized carbons (Fsp3) is 0.348. The van der Waals surface area contributed by atoms with Gasteiger partial charge in [-0.25, -0.2) is 4.90 Å². The minimum Gasteiger partial charge on any atom is -0.378 e. The quantitative estimate of drug-likeness (QED) is 0.554. The molecule has 1 saturated carbocycles. The number of anilines is 1. The topological polar surface area (TPSA) is 66.9 Å². The number of fused-ring (bicyclic) bond motifs is 1. The molecule has 9 heteroatoms. The molecular weight excluding hydrogens is 519 g/mol. The number of rotatable bonds is 3. The predicted molar refractivity (Wildman–Crippen MR) is 124 cm³/mol. The molecule has 6 nitrogen and oxygen atoms in total. The molecule has 1 aliphatic carbocycles. The van der Waals surface area contributed by atoms with Crippen molar-refractivity contribution in [1.29, 1.82) is 0 Å². The molecule has 3 amide bonds. The molecule has 0 unspecified atom stereocenters. The van der Waals surface area contributed by atoms with Gasteiger partial charge in [-0.15, -0.1) is 0 Å². The number of morpholine rings is 1. The van der Waals surface area contributed by atoms with Crippen LogP contribution in [0.2, 0.25) is 10.0 Å². The Hall–Kier alpha value is -1.93. The first-order valence-electron chi connectivity index (χ1n) is 10.2. The zero-order chi connectivity index (χ0) is 22.8. The van der Waals surface area contributed by atoms with E-state index >= 15 is 0 Å². The lowest BCUT2D eigenvalue weighted by Gasteiger charge is -2.35. The van der Waals surface area contributed by atoms with Gasteiger partial charge in [-0.05, 0) is 42.8 Å².